The third-order valence-electron chi connectivity index (χ3n) is 5.98. The molecule has 2 fully saturated rings. The number of piperidine rings is 1. The molecule has 1 aliphatic heterocycles. The van der Waals surface area contributed by atoms with E-state index in [1.54, 1.807) is 0 Å². The Morgan fingerprint density at radius 1 is 1.08 bits per heavy atom. The minimum absolute atomic E-state index is 0.0496. The zero-order valence-electron chi connectivity index (χ0n) is 16.2. The summed E-state index contributed by atoms with van der Waals surface area (Å²) < 4.78 is 0. The lowest BCUT2D eigenvalue weighted by Gasteiger charge is -2.38. The van der Waals surface area contributed by atoms with E-state index < -0.39 is 0 Å². The lowest BCUT2D eigenvalue weighted by Crippen LogP contribution is -2.50. The number of rotatable bonds is 4. The predicted molar refractivity (Wildman–Crippen MR) is 104 cm³/mol. The van der Waals surface area contributed by atoms with Crippen LogP contribution < -0.4 is 0 Å². The number of likely N-dealkylation sites (tertiary alicyclic amines) is 1. The number of amides is 2. The molecule has 4 heteroatoms. The average molecular weight is 357 g/mol. The van der Waals surface area contributed by atoms with Gasteiger partial charge in [-0.05, 0) is 31.7 Å². The van der Waals surface area contributed by atoms with Crippen molar-refractivity contribution in [2.45, 2.75) is 70.9 Å². The summed E-state index contributed by atoms with van der Waals surface area (Å²) in [5.41, 5.74) is 2.38. The van der Waals surface area contributed by atoms with Crippen LogP contribution in [0, 0.1) is 12.8 Å². The van der Waals surface area contributed by atoms with Crippen molar-refractivity contribution in [1.82, 2.24) is 9.80 Å². The summed E-state index contributed by atoms with van der Waals surface area (Å²) in [6.45, 7) is 3.31. The molecular weight excluding hydrogens is 324 g/mol. The number of carbonyl (C=O) groups excluding carboxylic acids is 2. The number of nitrogens with zero attached hydrogens (tertiary/aromatic N) is 2. The van der Waals surface area contributed by atoms with Gasteiger partial charge >= 0.3 is 0 Å². The second-order valence-electron chi connectivity index (χ2n) is 8.11. The van der Waals surface area contributed by atoms with Crippen LogP contribution in [0.2, 0.25) is 0 Å². The molecule has 1 heterocycles. The maximum Gasteiger partial charge on any atom is 0.227 e. The summed E-state index contributed by atoms with van der Waals surface area (Å²) in [6.07, 6.45) is 8.39. The summed E-state index contributed by atoms with van der Waals surface area (Å²) in [6, 6.07) is 8.69. The van der Waals surface area contributed by atoms with Crippen molar-refractivity contribution in [3.8, 4) is 0 Å². The van der Waals surface area contributed by atoms with Gasteiger partial charge in [0.05, 0.1) is 5.92 Å². The molecule has 0 radical (unpaired) electrons. The van der Waals surface area contributed by atoms with Crippen molar-refractivity contribution >= 4 is 11.8 Å². The van der Waals surface area contributed by atoms with Gasteiger partial charge in [0.1, 0.15) is 0 Å². The van der Waals surface area contributed by atoms with Gasteiger partial charge in [-0.15, -0.1) is 0 Å². The Bertz CT molecular complexity index is 618. The van der Waals surface area contributed by atoms with E-state index in [-0.39, 0.29) is 17.7 Å². The van der Waals surface area contributed by atoms with Crippen molar-refractivity contribution in [3.05, 3.63) is 35.4 Å². The van der Waals surface area contributed by atoms with Gasteiger partial charge < -0.3 is 9.80 Å². The minimum atomic E-state index is -0.0496. The minimum Gasteiger partial charge on any atom is -0.341 e. The zero-order chi connectivity index (χ0) is 18.5. The number of carbonyl (C=O) groups is 2. The van der Waals surface area contributed by atoms with Gasteiger partial charge in [0, 0.05) is 32.6 Å². The predicted octanol–water partition coefficient (Wildman–Crippen LogP) is 3.91. The van der Waals surface area contributed by atoms with E-state index in [0.29, 0.717) is 32.0 Å². The molecule has 0 N–H and O–H groups in total. The van der Waals surface area contributed by atoms with Crippen LogP contribution in [-0.2, 0) is 16.1 Å². The third kappa shape index (κ3) is 4.66. The lowest BCUT2D eigenvalue weighted by molar-refractivity contribution is -0.144. The fraction of sp³-hybridized carbons (Fsp3) is 0.636. The van der Waals surface area contributed by atoms with E-state index >= 15 is 0 Å². The molecule has 1 aromatic rings. The van der Waals surface area contributed by atoms with Gasteiger partial charge in [-0.25, -0.2) is 0 Å². The highest BCUT2D eigenvalue weighted by Gasteiger charge is 2.35. The molecule has 1 atom stereocenters. The Morgan fingerprint density at radius 3 is 2.38 bits per heavy atom. The van der Waals surface area contributed by atoms with Crippen LogP contribution in [0.25, 0.3) is 0 Å². The smallest absolute Gasteiger partial charge is 0.227 e. The van der Waals surface area contributed by atoms with Crippen molar-refractivity contribution in [3.63, 3.8) is 0 Å². The first kappa shape index (κ1) is 18.9. The highest BCUT2D eigenvalue weighted by molar-refractivity contribution is 5.84. The monoisotopic (exact) mass is 356 g/mol. The van der Waals surface area contributed by atoms with Crippen LogP contribution in [0.15, 0.2) is 24.3 Å². The highest BCUT2D eigenvalue weighted by atomic mass is 16.2. The highest BCUT2D eigenvalue weighted by Crippen LogP contribution is 2.28. The normalized spacial score (nSPS) is 22.2. The van der Waals surface area contributed by atoms with E-state index in [0.717, 1.165) is 18.4 Å². The van der Waals surface area contributed by atoms with Gasteiger partial charge in [-0.1, -0.05) is 55.5 Å². The van der Waals surface area contributed by atoms with Gasteiger partial charge in [0.15, 0.2) is 0 Å². The summed E-state index contributed by atoms with van der Waals surface area (Å²) in [7, 11) is 1.88. The summed E-state index contributed by atoms with van der Waals surface area (Å²) in [5, 5.41) is 0. The SMILES string of the molecule is Cc1ccc(CN(C)C(=O)[C@@H]2CCC(=O)N(C3CCCCCC3)C2)cc1. The standard InChI is InChI=1S/C22H32N2O2/c1-17-9-11-18(12-10-17)15-23(2)22(26)19-13-14-21(25)24(16-19)20-7-5-3-4-6-8-20/h9-12,19-20H,3-8,13-16H2,1-2H3/t19-/m1/s1. The molecule has 26 heavy (non-hydrogen) atoms. The molecule has 0 spiro atoms. The maximum atomic E-state index is 13.0. The molecule has 142 valence electrons. The van der Waals surface area contributed by atoms with Crippen molar-refractivity contribution in [2.24, 2.45) is 5.92 Å². The second-order valence-corrected chi connectivity index (χ2v) is 8.11. The molecule has 2 aliphatic rings. The first-order valence-corrected chi connectivity index (χ1v) is 10.1. The zero-order valence-corrected chi connectivity index (χ0v) is 16.2. The van der Waals surface area contributed by atoms with E-state index in [1.807, 2.05) is 16.8 Å². The van der Waals surface area contributed by atoms with Crippen LogP contribution in [0.3, 0.4) is 0 Å². The number of aryl methyl sites for hydroxylation is 1. The lowest BCUT2D eigenvalue weighted by atomic mass is 9.93. The molecular formula is C22H32N2O2. The van der Waals surface area contributed by atoms with E-state index in [2.05, 4.69) is 31.2 Å². The van der Waals surface area contributed by atoms with Crippen molar-refractivity contribution in [2.75, 3.05) is 13.6 Å². The van der Waals surface area contributed by atoms with E-state index in [4.69, 9.17) is 0 Å². The largest absolute Gasteiger partial charge is 0.341 e. The number of hydrogen-bond donors (Lipinski definition) is 0. The molecule has 3 rings (SSSR count). The Kier molecular flexibility index (Phi) is 6.33. The Hall–Kier alpha value is -1.84. The second kappa shape index (κ2) is 8.70. The molecule has 1 aliphatic carbocycles. The van der Waals surface area contributed by atoms with Crippen LogP contribution in [-0.4, -0.2) is 41.2 Å². The molecule has 4 nitrogen and oxygen atoms in total. The average Bonchev–Trinajstić information content (AvgIpc) is 2.93. The summed E-state index contributed by atoms with van der Waals surface area (Å²) >= 11 is 0. The summed E-state index contributed by atoms with van der Waals surface area (Å²) in [4.78, 5) is 29.3. The molecule has 0 bridgehead atoms. The van der Waals surface area contributed by atoms with Gasteiger partial charge in [-0.2, -0.15) is 0 Å². The molecule has 2 amide bonds. The molecule has 1 aromatic carbocycles. The Morgan fingerprint density at radius 2 is 1.73 bits per heavy atom. The molecule has 1 saturated heterocycles. The fourth-order valence-electron chi connectivity index (χ4n) is 4.35. The number of hydrogen-bond acceptors (Lipinski definition) is 2. The van der Waals surface area contributed by atoms with Gasteiger partial charge in [-0.3, -0.25) is 9.59 Å². The van der Waals surface area contributed by atoms with Crippen LogP contribution in [0.1, 0.15) is 62.5 Å². The van der Waals surface area contributed by atoms with Crippen LogP contribution >= 0.6 is 0 Å². The third-order valence-corrected chi connectivity index (χ3v) is 5.98. The van der Waals surface area contributed by atoms with Crippen molar-refractivity contribution < 1.29 is 9.59 Å². The topological polar surface area (TPSA) is 40.6 Å². The Labute approximate surface area is 157 Å². The summed E-state index contributed by atoms with van der Waals surface area (Å²) in [5.74, 6) is 0.380. The van der Waals surface area contributed by atoms with Gasteiger partial charge in [0.2, 0.25) is 11.8 Å². The van der Waals surface area contributed by atoms with Crippen LogP contribution in [0.5, 0.6) is 0 Å². The van der Waals surface area contributed by atoms with E-state index in [1.165, 1.54) is 31.2 Å². The first-order valence-electron chi connectivity index (χ1n) is 10.1. The molecule has 0 unspecified atom stereocenters. The van der Waals surface area contributed by atoms with Crippen molar-refractivity contribution in [1.29, 1.82) is 0 Å². The number of benzene rings is 1. The van der Waals surface area contributed by atoms with E-state index in [9.17, 15) is 9.59 Å². The quantitative estimate of drug-likeness (QED) is 0.767. The maximum absolute atomic E-state index is 13.0. The van der Waals surface area contributed by atoms with Crippen LogP contribution in [0.4, 0.5) is 0 Å². The molecule has 1 saturated carbocycles. The fourth-order valence-corrected chi connectivity index (χ4v) is 4.35. The first-order chi connectivity index (χ1) is 12.5. The van der Waals surface area contributed by atoms with Gasteiger partial charge in [0.25, 0.3) is 0 Å². The Balaban J connectivity index is 1.61. The molecule has 0 aromatic heterocycles.